The molecule has 2 heteroatoms. The van der Waals surface area contributed by atoms with E-state index in [0.29, 0.717) is 5.92 Å². The van der Waals surface area contributed by atoms with E-state index in [2.05, 4.69) is 49.3 Å². The molecule has 0 aromatic heterocycles. The van der Waals surface area contributed by atoms with Gasteiger partial charge in [0.1, 0.15) is 0 Å². The van der Waals surface area contributed by atoms with Crippen LogP contribution in [0.4, 0.5) is 0 Å². The first kappa shape index (κ1) is 11.2. The fourth-order valence-electron chi connectivity index (χ4n) is 2.32. The molecular weight excluding hydrogens is 196 g/mol. The predicted molar refractivity (Wildman–Crippen MR) is 69.1 cm³/mol. The standard InChI is InChI=1S/C14H20N2/c1-10-5-4-6-11(2)13(10)9-12(3)14-15-7-8-16-14/h4-6,12H,7-9H2,1-3H3,(H,15,16)/t12-/m0/s1. The minimum atomic E-state index is 0.502. The van der Waals surface area contributed by atoms with E-state index >= 15 is 0 Å². The smallest absolute Gasteiger partial charge is 0.0996 e. The summed E-state index contributed by atoms with van der Waals surface area (Å²) in [6.07, 6.45) is 1.09. The van der Waals surface area contributed by atoms with Gasteiger partial charge < -0.3 is 5.32 Å². The molecule has 1 aliphatic rings. The molecule has 1 N–H and O–H groups in total. The largest absolute Gasteiger partial charge is 0.372 e. The van der Waals surface area contributed by atoms with Crippen molar-refractivity contribution in [2.45, 2.75) is 27.2 Å². The van der Waals surface area contributed by atoms with Crippen LogP contribution in [0.3, 0.4) is 0 Å². The number of aliphatic imine (C=N–C) groups is 1. The van der Waals surface area contributed by atoms with Crippen molar-refractivity contribution in [1.29, 1.82) is 0 Å². The number of aryl methyl sites for hydroxylation is 2. The van der Waals surface area contributed by atoms with Crippen molar-refractivity contribution >= 4 is 5.84 Å². The van der Waals surface area contributed by atoms with Gasteiger partial charge in [-0.3, -0.25) is 4.99 Å². The minimum absolute atomic E-state index is 0.502. The molecule has 86 valence electrons. The molecule has 0 saturated heterocycles. The van der Waals surface area contributed by atoms with Crippen LogP contribution >= 0.6 is 0 Å². The monoisotopic (exact) mass is 216 g/mol. The Morgan fingerprint density at radius 3 is 2.56 bits per heavy atom. The molecule has 1 atom stereocenters. The third-order valence-corrected chi connectivity index (χ3v) is 3.32. The van der Waals surface area contributed by atoms with Crippen molar-refractivity contribution < 1.29 is 0 Å². The normalized spacial score (nSPS) is 16.8. The second kappa shape index (κ2) is 4.69. The Kier molecular flexibility index (Phi) is 3.28. The fourth-order valence-corrected chi connectivity index (χ4v) is 2.32. The molecule has 1 aliphatic heterocycles. The maximum atomic E-state index is 4.50. The quantitative estimate of drug-likeness (QED) is 0.824. The first-order valence-electron chi connectivity index (χ1n) is 6.02. The molecular formula is C14H20N2. The van der Waals surface area contributed by atoms with Gasteiger partial charge >= 0.3 is 0 Å². The van der Waals surface area contributed by atoms with E-state index in [4.69, 9.17) is 0 Å². The van der Waals surface area contributed by atoms with Gasteiger partial charge in [0.2, 0.25) is 0 Å². The highest BCUT2D eigenvalue weighted by atomic mass is 15.1. The zero-order valence-corrected chi connectivity index (χ0v) is 10.4. The highest BCUT2D eigenvalue weighted by Crippen LogP contribution is 2.18. The van der Waals surface area contributed by atoms with Gasteiger partial charge in [0.05, 0.1) is 12.4 Å². The summed E-state index contributed by atoms with van der Waals surface area (Å²) in [5.41, 5.74) is 4.27. The molecule has 1 heterocycles. The van der Waals surface area contributed by atoms with Crippen LogP contribution < -0.4 is 5.32 Å². The molecule has 1 aromatic carbocycles. The van der Waals surface area contributed by atoms with Gasteiger partial charge in [-0.1, -0.05) is 25.1 Å². The molecule has 0 amide bonds. The zero-order valence-electron chi connectivity index (χ0n) is 10.4. The van der Waals surface area contributed by atoms with Crippen molar-refractivity contribution in [3.05, 3.63) is 34.9 Å². The predicted octanol–water partition coefficient (Wildman–Crippen LogP) is 2.48. The number of nitrogens with one attached hydrogen (secondary N) is 1. The Balaban J connectivity index is 2.14. The lowest BCUT2D eigenvalue weighted by Gasteiger charge is -2.16. The first-order valence-corrected chi connectivity index (χ1v) is 6.02. The Morgan fingerprint density at radius 1 is 1.31 bits per heavy atom. The highest BCUT2D eigenvalue weighted by Gasteiger charge is 2.15. The van der Waals surface area contributed by atoms with Crippen molar-refractivity contribution in [1.82, 2.24) is 5.32 Å². The summed E-state index contributed by atoms with van der Waals surface area (Å²) < 4.78 is 0. The first-order chi connectivity index (χ1) is 7.68. The molecule has 0 bridgehead atoms. The second-order valence-electron chi connectivity index (χ2n) is 4.67. The molecule has 1 aromatic rings. The highest BCUT2D eigenvalue weighted by molar-refractivity contribution is 5.85. The van der Waals surface area contributed by atoms with E-state index in [0.717, 1.165) is 19.5 Å². The lowest BCUT2D eigenvalue weighted by molar-refractivity contribution is 0.736. The van der Waals surface area contributed by atoms with Gasteiger partial charge in [-0.05, 0) is 37.0 Å². The van der Waals surface area contributed by atoms with Gasteiger partial charge in [0.25, 0.3) is 0 Å². The van der Waals surface area contributed by atoms with Crippen LogP contribution in [0, 0.1) is 19.8 Å². The molecule has 2 rings (SSSR count). The molecule has 16 heavy (non-hydrogen) atoms. The molecule has 0 saturated carbocycles. The van der Waals surface area contributed by atoms with Crippen LogP contribution in [0.15, 0.2) is 23.2 Å². The van der Waals surface area contributed by atoms with Gasteiger partial charge in [-0.15, -0.1) is 0 Å². The second-order valence-corrected chi connectivity index (χ2v) is 4.67. The van der Waals surface area contributed by atoms with Gasteiger partial charge in [-0.25, -0.2) is 0 Å². The Bertz CT molecular complexity index is 387. The Labute approximate surface area is 97.8 Å². The van der Waals surface area contributed by atoms with E-state index in [9.17, 15) is 0 Å². The molecule has 2 nitrogen and oxygen atoms in total. The van der Waals surface area contributed by atoms with Crippen LogP contribution in [0.25, 0.3) is 0 Å². The third-order valence-electron chi connectivity index (χ3n) is 3.32. The Hall–Kier alpha value is -1.31. The molecule has 0 fully saturated rings. The van der Waals surface area contributed by atoms with Crippen LogP contribution in [0.5, 0.6) is 0 Å². The summed E-state index contributed by atoms with van der Waals surface area (Å²) in [6, 6.07) is 6.52. The average Bonchev–Trinajstić information content (AvgIpc) is 2.76. The van der Waals surface area contributed by atoms with Crippen LogP contribution in [-0.4, -0.2) is 18.9 Å². The van der Waals surface area contributed by atoms with Crippen LogP contribution in [-0.2, 0) is 6.42 Å². The Morgan fingerprint density at radius 2 is 2.00 bits per heavy atom. The van der Waals surface area contributed by atoms with Crippen molar-refractivity contribution in [3.63, 3.8) is 0 Å². The van der Waals surface area contributed by atoms with Crippen molar-refractivity contribution in [3.8, 4) is 0 Å². The fraction of sp³-hybridized carbons (Fsp3) is 0.500. The van der Waals surface area contributed by atoms with E-state index in [-0.39, 0.29) is 0 Å². The van der Waals surface area contributed by atoms with E-state index in [1.165, 1.54) is 22.5 Å². The lowest BCUT2D eigenvalue weighted by Crippen LogP contribution is -2.26. The summed E-state index contributed by atoms with van der Waals surface area (Å²) >= 11 is 0. The van der Waals surface area contributed by atoms with Crippen molar-refractivity contribution in [2.24, 2.45) is 10.9 Å². The van der Waals surface area contributed by atoms with E-state index in [1.54, 1.807) is 0 Å². The number of nitrogens with zero attached hydrogens (tertiary/aromatic N) is 1. The maximum absolute atomic E-state index is 4.50. The summed E-state index contributed by atoms with van der Waals surface area (Å²) in [4.78, 5) is 4.50. The average molecular weight is 216 g/mol. The van der Waals surface area contributed by atoms with Crippen LogP contribution in [0.1, 0.15) is 23.6 Å². The van der Waals surface area contributed by atoms with Gasteiger partial charge in [0.15, 0.2) is 0 Å². The number of amidine groups is 1. The number of hydrogen-bond donors (Lipinski definition) is 1. The summed E-state index contributed by atoms with van der Waals surface area (Å²) in [7, 11) is 0. The summed E-state index contributed by atoms with van der Waals surface area (Å²) in [5.74, 6) is 1.69. The topological polar surface area (TPSA) is 24.4 Å². The molecule has 0 radical (unpaired) electrons. The van der Waals surface area contributed by atoms with Crippen LogP contribution in [0.2, 0.25) is 0 Å². The maximum Gasteiger partial charge on any atom is 0.0996 e. The summed E-state index contributed by atoms with van der Waals surface area (Å²) in [5, 5.41) is 3.37. The zero-order chi connectivity index (χ0) is 11.5. The number of rotatable bonds is 3. The van der Waals surface area contributed by atoms with E-state index in [1.807, 2.05) is 0 Å². The van der Waals surface area contributed by atoms with E-state index < -0.39 is 0 Å². The molecule has 0 spiro atoms. The SMILES string of the molecule is Cc1cccc(C)c1C[C@H](C)C1=NCCN1. The lowest BCUT2D eigenvalue weighted by atomic mass is 9.93. The van der Waals surface area contributed by atoms with Crippen molar-refractivity contribution in [2.75, 3.05) is 13.1 Å². The van der Waals surface area contributed by atoms with Gasteiger partial charge in [0, 0.05) is 12.5 Å². The number of benzene rings is 1. The number of hydrogen-bond acceptors (Lipinski definition) is 2. The third kappa shape index (κ3) is 2.26. The van der Waals surface area contributed by atoms with Gasteiger partial charge in [-0.2, -0.15) is 0 Å². The molecule has 0 aliphatic carbocycles. The minimum Gasteiger partial charge on any atom is -0.372 e. The molecule has 0 unspecified atom stereocenters. The summed E-state index contributed by atoms with van der Waals surface area (Å²) in [6.45, 7) is 8.58.